The van der Waals surface area contributed by atoms with Crippen LogP contribution >= 0.6 is 0 Å². The van der Waals surface area contributed by atoms with Crippen molar-refractivity contribution in [1.82, 2.24) is 4.90 Å². The molecule has 0 amide bonds. The van der Waals surface area contributed by atoms with E-state index in [9.17, 15) is 9.30 Å². The Morgan fingerprint density at radius 3 is 2.47 bits per heavy atom. The van der Waals surface area contributed by atoms with E-state index in [0.717, 1.165) is 26.2 Å². The number of hydrogen-bond donors (Lipinski definition) is 0. The summed E-state index contributed by atoms with van der Waals surface area (Å²) in [5.41, 5.74) is 1.09. The third kappa shape index (κ3) is 2.02. The van der Waals surface area contributed by atoms with Gasteiger partial charge in [0.05, 0.1) is 5.69 Å². The molecule has 1 aromatic carbocycles. The lowest BCUT2D eigenvalue weighted by Crippen LogP contribution is -2.73. The lowest BCUT2D eigenvalue weighted by Gasteiger charge is -2.62. The van der Waals surface area contributed by atoms with Crippen LogP contribution in [-0.4, -0.2) is 37.1 Å². The predicted molar refractivity (Wildman–Crippen MR) is 73.2 cm³/mol. The Morgan fingerprint density at radius 2 is 1.95 bits per heavy atom. The molecule has 0 N–H and O–H groups in total. The SMILES string of the molecule is CC(C)N1CC2(CN(c3ccc(N=O)cc3F)C2)C1. The highest BCUT2D eigenvalue weighted by molar-refractivity contribution is 5.56. The molecule has 0 saturated carbocycles. The Hall–Kier alpha value is -1.49. The summed E-state index contributed by atoms with van der Waals surface area (Å²) in [4.78, 5) is 14.8. The zero-order chi connectivity index (χ0) is 13.6. The van der Waals surface area contributed by atoms with Crippen molar-refractivity contribution in [2.45, 2.75) is 19.9 Å². The fourth-order valence-corrected chi connectivity index (χ4v) is 3.12. The van der Waals surface area contributed by atoms with E-state index in [1.165, 1.54) is 6.07 Å². The van der Waals surface area contributed by atoms with Crippen molar-refractivity contribution in [2.75, 3.05) is 31.1 Å². The molecule has 0 bridgehead atoms. The first kappa shape index (κ1) is 12.5. The summed E-state index contributed by atoms with van der Waals surface area (Å²) in [5.74, 6) is -0.355. The van der Waals surface area contributed by atoms with Crippen LogP contribution in [0.4, 0.5) is 15.8 Å². The number of nitroso groups, excluding NO2 is 1. The third-order valence-corrected chi connectivity index (χ3v) is 4.24. The summed E-state index contributed by atoms with van der Waals surface area (Å²) in [6.07, 6.45) is 0. The minimum Gasteiger partial charge on any atom is -0.368 e. The number of likely N-dealkylation sites (tertiary alicyclic amines) is 1. The van der Waals surface area contributed by atoms with Gasteiger partial charge in [0.25, 0.3) is 0 Å². The average molecular weight is 263 g/mol. The molecule has 2 saturated heterocycles. The number of halogens is 1. The van der Waals surface area contributed by atoms with Gasteiger partial charge in [-0.05, 0) is 31.2 Å². The van der Waals surface area contributed by atoms with Crippen LogP contribution in [0.1, 0.15) is 13.8 Å². The van der Waals surface area contributed by atoms with E-state index < -0.39 is 0 Å². The Bertz CT molecular complexity index is 503. The van der Waals surface area contributed by atoms with Gasteiger partial charge < -0.3 is 4.90 Å². The summed E-state index contributed by atoms with van der Waals surface area (Å²) in [5, 5.41) is 2.75. The molecule has 0 atom stereocenters. The Kier molecular flexibility index (Phi) is 2.82. The maximum Gasteiger partial charge on any atom is 0.148 e. The molecule has 0 radical (unpaired) electrons. The van der Waals surface area contributed by atoms with Crippen molar-refractivity contribution in [3.05, 3.63) is 28.9 Å². The van der Waals surface area contributed by atoms with Crippen LogP contribution in [0.25, 0.3) is 0 Å². The van der Waals surface area contributed by atoms with Crippen LogP contribution in [0.3, 0.4) is 0 Å². The quantitative estimate of drug-likeness (QED) is 0.787. The zero-order valence-electron chi connectivity index (χ0n) is 11.3. The smallest absolute Gasteiger partial charge is 0.148 e. The fraction of sp³-hybridized carbons (Fsp3) is 0.571. The highest BCUT2D eigenvalue weighted by Gasteiger charge is 2.52. The second-order valence-corrected chi connectivity index (χ2v) is 6.08. The van der Waals surface area contributed by atoms with E-state index in [0.29, 0.717) is 17.1 Å². The predicted octanol–water partition coefficient (Wildman–Crippen LogP) is 2.75. The summed E-state index contributed by atoms with van der Waals surface area (Å²) in [6.45, 7) is 8.43. The van der Waals surface area contributed by atoms with Gasteiger partial charge in [0.1, 0.15) is 11.5 Å². The van der Waals surface area contributed by atoms with Gasteiger partial charge in [-0.3, -0.25) is 4.90 Å². The second kappa shape index (κ2) is 4.27. The maximum atomic E-state index is 13.8. The van der Waals surface area contributed by atoms with Gasteiger partial charge in [-0.15, -0.1) is 4.91 Å². The topological polar surface area (TPSA) is 35.9 Å². The van der Waals surface area contributed by atoms with E-state index in [2.05, 4.69) is 23.9 Å². The van der Waals surface area contributed by atoms with E-state index in [1.54, 1.807) is 12.1 Å². The molecule has 2 aliphatic heterocycles. The number of benzene rings is 1. The first-order valence-electron chi connectivity index (χ1n) is 6.65. The molecule has 2 heterocycles. The van der Waals surface area contributed by atoms with Crippen LogP contribution in [0.5, 0.6) is 0 Å². The van der Waals surface area contributed by atoms with Crippen molar-refractivity contribution in [3.8, 4) is 0 Å². The molecule has 3 rings (SSSR count). The van der Waals surface area contributed by atoms with E-state index >= 15 is 0 Å². The number of rotatable bonds is 3. The summed E-state index contributed by atoms with van der Waals surface area (Å²) in [7, 11) is 0. The molecule has 2 aliphatic rings. The molecule has 0 aliphatic carbocycles. The highest BCUT2D eigenvalue weighted by atomic mass is 19.1. The highest BCUT2D eigenvalue weighted by Crippen LogP contribution is 2.43. The Labute approximate surface area is 112 Å². The largest absolute Gasteiger partial charge is 0.368 e. The Balaban J connectivity index is 1.64. The van der Waals surface area contributed by atoms with Gasteiger partial charge in [0.15, 0.2) is 0 Å². The molecule has 2 fully saturated rings. The van der Waals surface area contributed by atoms with Crippen LogP contribution in [0, 0.1) is 16.1 Å². The van der Waals surface area contributed by atoms with Crippen LogP contribution in [-0.2, 0) is 0 Å². The van der Waals surface area contributed by atoms with Crippen molar-refractivity contribution in [3.63, 3.8) is 0 Å². The Morgan fingerprint density at radius 1 is 1.26 bits per heavy atom. The molecule has 5 heteroatoms. The number of nitrogens with zero attached hydrogens (tertiary/aromatic N) is 3. The van der Waals surface area contributed by atoms with Crippen LogP contribution in [0.2, 0.25) is 0 Å². The fourth-order valence-electron chi connectivity index (χ4n) is 3.12. The normalized spacial score (nSPS) is 21.4. The average Bonchev–Trinajstić information content (AvgIpc) is 2.26. The maximum absolute atomic E-state index is 13.8. The molecule has 1 aromatic rings. The van der Waals surface area contributed by atoms with E-state index in [-0.39, 0.29) is 11.5 Å². The van der Waals surface area contributed by atoms with Crippen molar-refractivity contribution in [2.24, 2.45) is 10.6 Å². The van der Waals surface area contributed by atoms with Gasteiger partial charge in [-0.25, -0.2) is 4.39 Å². The molecular formula is C14H18FN3O. The summed E-state index contributed by atoms with van der Waals surface area (Å²) < 4.78 is 13.8. The van der Waals surface area contributed by atoms with Crippen LogP contribution < -0.4 is 4.90 Å². The number of hydrogen-bond acceptors (Lipinski definition) is 4. The molecule has 1 spiro atoms. The van der Waals surface area contributed by atoms with Crippen molar-refractivity contribution >= 4 is 11.4 Å². The lowest BCUT2D eigenvalue weighted by atomic mass is 9.72. The molecule has 0 unspecified atom stereocenters. The van der Waals surface area contributed by atoms with E-state index in [1.807, 2.05) is 4.90 Å². The lowest BCUT2D eigenvalue weighted by molar-refractivity contribution is -0.0413. The standard InChI is InChI=1S/C14H18FN3O/c1-10(2)17-6-14(7-17)8-18(9-14)13-4-3-11(16-19)5-12(13)15/h3-5,10H,6-9H2,1-2H3. The minimum atomic E-state index is -0.355. The van der Waals surface area contributed by atoms with Gasteiger partial charge in [0.2, 0.25) is 0 Å². The summed E-state index contributed by atoms with van der Waals surface area (Å²) in [6, 6.07) is 5.01. The molecule has 4 nitrogen and oxygen atoms in total. The zero-order valence-corrected chi connectivity index (χ0v) is 11.3. The van der Waals surface area contributed by atoms with Crippen molar-refractivity contribution < 1.29 is 4.39 Å². The molecular weight excluding hydrogens is 245 g/mol. The van der Waals surface area contributed by atoms with Crippen molar-refractivity contribution in [1.29, 1.82) is 0 Å². The first-order chi connectivity index (χ1) is 9.03. The molecule has 0 aromatic heterocycles. The van der Waals surface area contributed by atoms with Crippen LogP contribution in [0.15, 0.2) is 23.4 Å². The minimum absolute atomic E-state index is 0.145. The third-order valence-electron chi connectivity index (χ3n) is 4.24. The van der Waals surface area contributed by atoms with E-state index in [4.69, 9.17) is 0 Å². The summed E-state index contributed by atoms with van der Waals surface area (Å²) >= 11 is 0. The first-order valence-corrected chi connectivity index (χ1v) is 6.65. The monoisotopic (exact) mass is 263 g/mol. The van der Waals surface area contributed by atoms with Gasteiger partial charge >= 0.3 is 0 Å². The second-order valence-electron chi connectivity index (χ2n) is 6.08. The molecule has 102 valence electrons. The van der Waals surface area contributed by atoms with Gasteiger partial charge in [-0.2, -0.15) is 0 Å². The van der Waals surface area contributed by atoms with Gasteiger partial charge in [0, 0.05) is 43.7 Å². The molecule has 19 heavy (non-hydrogen) atoms. The number of anilines is 1. The van der Waals surface area contributed by atoms with Gasteiger partial charge in [-0.1, -0.05) is 0 Å².